The molecule has 0 atom stereocenters. The predicted molar refractivity (Wildman–Crippen MR) is 72.0 cm³/mol. The second kappa shape index (κ2) is 6.07. The molecule has 1 saturated carbocycles. The Balaban J connectivity index is 2.04. The van der Waals surface area contributed by atoms with Crippen LogP contribution in [0, 0.1) is 11.6 Å². The second-order valence-corrected chi connectivity index (χ2v) is 5.26. The van der Waals surface area contributed by atoms with Crippen LogP contribution < -0.4 is 10.6 Å². The Morgan fingerprint density at radius 1 is 1.24 bits per heavy atom. The number of rotatable bonds is 4. The molecule has 2 amide bonds. The summed E-state index contributed by atoms with van der Waals surface area (Å²) in [4.78, 5) is 22.8. The number of carbonyl (C=O) groups is 2. The standard InChI is InChI=1S/C14H16F2N2O3/c15-9-3-4-11(10(16)7-9)17-13(21)18-14(8-12(19)20)5-1-2-6-14/h3-4,7H,1-2,5-6,8H2,(H,19,20)(H2,17,18,21). The minimum absolute atomic E-state index is 0.155. The van der Waals surface area contributed by atoms with Gasteiger partial charge >= 0.3 is 12.0 Å². The third-order valence-corrected chi connectivity index (χ3v) is 3.61. The number of aliphatic carboxylic acids is 1. The lowest BCUT2D eigenvalue weighted by atomic mass is 9.93. The van der Waals surface area contributed by atoms with Crippen LogP contribution in [0.1, 0.15) is 32.1 Å². The minimum Gasteiger partial charge on any atom is -0.481 e. The molecule has 0 saturated heterocycles. The molecule has 0 radical (unpaired) electrons. The molecule has 1 aliphatic rings. The summed E-state index contributed by atoms with van der Waals surface area (Å²) >= 11 is 0. The van der Waals surface area contributed by atoms with E-state index in [-0.39, 0.29) is 12.1 Å². The smallest absolute Gasteiger partial charge is 0.319 e. The highest BCUT2D eigenvalue weighted by atomic mass is 19.1. The topological polar surface area (TPSA) is 78.4 Å². The highest BCUT2D eigenvalue weighted by Crippen LogP contribution is 2.32. The van der Waals surface area contributed by atoms with E-state index in [2.05, 4.69) is 10.6 Å². The van der Waals surface area contributed by atoms with Gasteiger partial charge in [0, 0.05) is 6.07 Å². The van der Waals surface area contributed by atoms with Crippen molar-refractivity contribution in [3.63, 3.8) is 0 Å². The van der Waals surface area contributed by atoms with Crippen LogP contribution in [0.2, 0.25) is 0 Å². The van der Waals surface area contributed by atoms with E-state index in [4.69, 9.17) is 5.11 Å². The summed E-state index contributed by atoms with van der Waals surface area (Å²) in [6.45, 7) is 0. The van der Waals surface area contributed by atoms with Gasteiger partial charge in [-0.1, -0.05) is 12.8 Å². The van der Waals surface area contributed by atoms with Gasteiger partial charge in [-0.2, -0.15) is 0 Å². The average Bonchev–Trinajstić information content (AvgIpc) is 2.80. The molecule has 0 aliphatic heterocycles. The lowest BCUT2D eigenvalue weighted by Gasteiger charge is -2.28. The van der Waals surface area contributed by atoms with Crippen molar-refractivity contribution in [3.05, 3.63) is 29.8 Å². The van der Waals surface area contributed by atoms with Crippen LogP contribution in [0.3, 0.4) is 0 Å². The maximum Gasteiger partial charge on any atom is 0.319 e. The molecule has 0 bridgehead atoms. The number of benzene rings is 1. The number of carbonyl (C=O) groups excluding carboxylic acids is 1. The maximum atomic E-state index is 13.5. The van der Waals surface area contributed by atoms with Gasteiger partial charge in [-0.25, -0.2) is 13.6 Å². The van der Waals surface area contributed by atoms with Crippen molar-refractivity contribution in [2.75, 3.05) is 5.32 Å². The molecule has 1 aliphatic carbocycles. The number of hydrogen-bond acceptors (Lipinski definition) is 2. The minimum atomic E-state index is -0.995. The molecule has 1 aromatic carbocycles. The number of urea groups is 1. The first-order valence-electron chi connectivity index (χ1n) is 6.66. The van der Waals surface area contributed by atoms with Crippen molar-refractivity contribution >= 4 is 17.7 Å². The van der Waals surface area contributed by atoms with E-state index >= 15 is 0 Å². The molecule has 2 rings (SSSR count). The van der Waals surface area contributed by atoms with Crippen LogP contribution in [0.5, 0.6) is 0 Å². The second-order valence-electron chi connectivity index (χ2n) is 5.26. The quantitative estimate of drug-likeness (QED) is 0.799. The van der Waals surface area contributed by atoms with Gasteiger partial charge in [0.1, 0.15) is 11.6 Å². The van der Waals surface area contributed by atoms with Crippen LogP contribution in [0.25, 0.3) is 0 Å². The molecule has 1 fully saturated rings. The van der Waals surface area contributed by atoms with Crippen molar-refractivity contribution in [1.29, 1.82) is 0 Å². The molecule has 0 unspecified atom stereocenters. The van der Waals surface area contributed by atoms with Gasteiger partial charge in [-0.05, 0) is 25.0 Å². The van der Waals surface area contributed by atoms with Crippen LogP contribution >= 0.6 is 0 Å². The Kier molecular flexibility index (Phi) is 4.40. The van der Waals surface area contributed by atoms with Crippen molar-refractivity contribution in [2.45, 2.75) is 37.6 Å². The molecule has 0 aromatic heterocycles. The number of carboxylic acid groups (broad SMARTS) is 1. The molecule has 7 heteroatoms. The molecular formula is C14H16F2N2O3. The molecule has 21 heavy (non-hydrogen) atoms. The molecule has 5 nitrogen and oxygen atoms in total. The molecular weight excluding hydrogens is 282 g/mol. The van der Waals surface area contributed by atoms with Crippen LogP contribution in [-0.2, 0) is 4.79 Å². The highest BCUT2D eigenvalue weighted by molar-refractivity contribution is 5.90. The first-order valence-corrected chi connectivity index (χ1v) is 6.66. The number of anilines is 1. The summed E-state index contributed by atoms with van der Waals surface area (Å²) in [6, 6.07) is 2.12. The molecule has 114 valence electrons. The van der Waals surface area contributed by atoms with Crippen molar-refractivity contribution in [1.82, 2.24) is 5.32 Å². The molecule has 1 aromatic rings. The van der Waals surface area contributed by atoms with E-state index < -0.39 is 29.2 Å². The lowest BCUT2D eigenvalue weighted by Crippen LogP contribution is -2.49. The van der Waals surface area contributed by atoms with E-state index in [1.807, 2.05) is 0 Å². The number of amides is 2. The fraction of sp³-hybridized carbons (Fsp3) is 0.429. The largest absolute Gasteiger partial charge is 0.481 e. The van der Waals surface area contributed by atoms with Crippen LogP contribution in [-0.4, -0.2) is 22.6 Å². The zero-order valence-electron chi connectivity index (χ0n) is 11.3. The predicted octanol–water partition coefficient (Wildman–Crippen LogP) is 2.87. The summed E-state index contributed by atoms with van der Waals surface area (Å²) in [7, 11) is 0. The summed E-state index contributed by atoms with van der Waals surface area (Å²) in [5.41, 5.74) is -0.954. The first kappa shape index (κ1) is 15.2. The zero-order valence-corrected chi connectivity index (χ0v) is 11.3. The van der Waals surface area contributed by atoms with E-state index in [1.54, 1.807) is 0 Å². The zero-order chi connectivity index (χ0) is 15.5. The van der Waals surface area contributed by atoms with Gasteiger partial charge < -0.3 is 15.7 Å². The summed E-state index contributed by atoms with van der Waals surface area (Å²) in [5, 5.41) is 13.8. The third-order valence-electron chi connectivity index (χ3n) is 3.61. The van der Waals surface area contributed by atoms with Crippen molar-refractivity contribution < 1.29 is 23.5 Å². The average molecular weight is 298 g/mol. The number of nitrogens with one attached hydrogen (secondary N) is 2. The van der Waals surface area contributed by atoms with E-state index in [1.165, 1.54) is 0 Å². The van der Waals surface area contributed by atoms with E-state index in [9.17, 15) is 18.4 Å². The fourth-order valence-corrected chi connectivity index (χ4v) is 2.67. The lowest BCUT2D eigenvalue weighted by molar-refractivity contribution is -0.138. The van der Waals surface area contributed by atoms with E-state index in [0.29, 0.717) is 18.9 Å². The normalized spacial score (nSPS) is 16.5. The van der Waals surface area contributed by atoms with Gasteiger partial charge in [-0.3, -0.25) is 4.79 Å². The van der Waals surface area contributed by atoms with Gasteiger partial charge in [0.15, 0.2) is 0 Å². The molecule has 3 N–H and O–H groups in total. The summed E-state index contributed by atoms with van der Waals surface area (Å²) in [6.07, 6.45) is 2.63. The fourth-order valence-electron chi connectivity index (χ4n) is 2.67. The Labute approximate surface area is 120 Å². The Hall–Kier alpha value is -2.18. The van der Waals surface area contributed by atoms with Crippen molar-refractivity contribution in [2.24, 2.45) is 0 Å². The summed E-state index contributed by atoms with van der Waals surface area (Å²) < 4.78 is 26.2. The van der Waals surface area contributed by atoms with Gasteiger partial charge in [0.2, 0.25) is 0 Å². The van der Waals surface area contributed by atoms with Gasteiger partial charge in [0.05, 0.1) is 17.6 Å². The molecule has 0 heterocycles. The highest BCUT2D eigenvalue weighted by Gasteiger charge is 2.37. The van der Waals surface area contributed by atoms with Crippen LogP contribution in [0.4, 0.5) is 19.3 Å². The molecule has 0 spiro atoms. The van der Waals surface area contributed by atoms with Crippen LogP contribution in [0.15, 0.2) is 18.2 Å². The first-order chi connectivity index (χ1) is 9.90. The number of hydrogen-bond donors (Lipinski definition) is 3. The SMILES string of the molecule is O=C(O)CC1(NC(=O)Nc2ccc(F)cc2F)CCCC1. The Morgan fingerprint density at radius 3 is 2.48 bits per heavy atom. The Morgan fingerprint density at radius 2 is 1.90 bits per heavy atom. The van der Waals surface area contributed by atoms with Gasteiger partial charge in [-0.15, -0.1) is 0 Å². The van der Waals surface area contributed by atoms with E-state index in [0.717, 1.165) is 25.0 Å². The monoisotopic (exact) mass is 298 g/mol. The summed E-state index contributed by atoms with van der Waals surface area (Å²) in [5.74, 6) is -2.62. The van der Waals surface area contributed by atoms with Crippen molar-refractivity contribution in [3.8, 4) is 0 Å². The Bertz CT molecular complexity index is 557. The third kappa shape index (κ3) is 3.90. The number of halogens is 2. The maximum absolute atomic E-state index is 13.5. The van der Waals surface area contributed by atoms with Gasteiger partial charge in [0.25, 0.3) is 0 Å². The number of carboxylic acids is 1.